The molecule has 2 atom stereocenters. The van der Waals surface area contributed by atoms with Crippen LogP contribution in [0.4, 0.5) is 4.79 Å². The summed E-state index contributed by atoms with van der Waals surface area (Å²) in [6, 6.07) is 15.7. The largest absolute Gasteiger partial charge is 0.462 e. The molecule has 140 valence electrons. The Morgan fingerprint density at radius 2 is 1.78 bits per heavy atom. The Hall–Kier alpha value is -3.15. The van der Waals surface area contributed by atoms with E-state index < -0.39 is 24.0 Å². The average molecular weight is 366 g/mol. The van der Waals surface area contributed by atoms with E-state index in [1.54, 1.807) is 20.8 Å². The number of amides is 2. The van der Waals surface area contributed by atoms with Crippen LogP contribution in [-0.4, -0.2) is 23.8 Å². The fourth-order valence-corrected chi connectivity index (χ4v) is 3.00. The van der Waals surface area contributed by atoms with Crippen molar-refractivity contribution in [3.8, 4) is 11.5 Å². The number of urea groups is 1. The molecule has 0 aromatic heterocycles. The Kier molecular flexibility index (Phi) is 5.54. The molecular weight excluding hydrogens is 344 g/mol. The van der Waals surface area contributed by atoms with Gasteiger partial charge < -0.3 is 14.8 Å². The Labute approximate surface area is 158 Å². The molecular formula is C21H22N2O4. The van der Waals surface area contributed by atoms with E-state index in [1.807, 2.05) is 54.6 Å². The van der Waals surface area contributed by atoms with E-state index in [-0.39, 0.29) is 6.10 Å². The molecule has 2 aromatic rings. The van der Waals surface area contributed by atoms with Crippen LogP contribution in [0.15, 0.2) is 59.6 Å². The molecule has 2 aromatic carbocycles. The van der Waals surface area contributed by atoms with Crippen LogP contribution in [0.3, 0.4) is 0 Å². The molecule has 0 bridgehead atoms. The minimum absolute atomic E-state index is 0.253. The van der Waals surface area contributed by atoms with Gasteiger partial charge in [0, 0.05) is 5.71 Å². The van der Waals surface area contributed by atoms with Crippen molar-refractivity contribution in [1.29, 1.82) is 0 Å². The van der Waals surface area contributed by atoms with E-state index in [2.05, 4.69) is 10.3 Å². The number of hydrogen-bond donors (Lipinski definition) is 1. The molecule has 1 aliphatic rings. The van der Waals surface area contributed by atoms with Crippen molar-refractivity contribution in [2.24, 2.45) is 10.9 Å². The summed E-state index contributed by atoms with van der Waals surface area (Å²) in [5, 5.41) is 2.78. The van der Waals surface area contributed by atoms with Gasteiger partial charge in [-0.3, -0.25) is 4.79 Å². The molecule has 3 rings (SSSR count). The lowest BCUT2D eigenvalue weighted by Gasteiger charge is -2.30. The van der Waals surface area contributed by atoms with Crippen LogP contribution < -0.4 is 10.1 Å². The lowest BCUT2D eigenvalue weighted by Crippen LogP contribution is -2.44. The van der Waals surface area contributed by atoms with Crippen LogP contribution in [0.1, 0.15) is 32.4 Å². The highest BCUT2D eigenvalue weighted by atomic mass is 16.5. The molecule has 0 saturated carbocycles. The number of esters is 1. The SMILES string of the molecule is CC1=NC(=O)NC(c2cccc(Oc3ccccc3)c2)C1C(=O)OC(C)C. The monoisotopic (exact) mass is 366 g/mol. The zero-order chi connectivity index (χ0) is 19.4. The first-order chi connectivity index (χ1) is 12.9. The molecule has 0 fully saturated rings. The lowest BCUT2D eigenvalue weighted by atomic mass is 9.88. The molecule has 0 spiro atoms. The zero-order valence-corrected chi connectivity index (χ0v) is 15.5. The Bertz CT molecular complexity index is 861. The number of rotatable bonds is 5. The predicted molar refractivity (Wildman–Crippen MR) is 102 cm³/mol. The van der Waals surface area contributed by atoms with E-state index in [4.69, 9.17) is 9.47 Å². The van der Waals surface area contributed by atoms with E-state index >= 15 is 0 Å². The highest BCUT2D eigenvalue weighted by Gasteiger charge is 2.38. The third-order valence-corrected chi connectivity index (χ3v) is 4.14. The maximum atomic E-state index is 12.6. The number of ether oxygens (including phenoxy) is 2. The highest BCUT2D eigenvalue weighted by Crippen LogP contribution is 2.31. The quantitative estimate of drug-likeness (QED) is 0.802. The van der Waals surface area contributed by atoms with E-state index in [1.165, 1.54) is 0 Å². The summed E-state index contributed by atoms with van der Waals surface area (Å²) in [5.41, 5.74) is 1.18. The van der Waals surface area contributed by atoms with Gasteiger partial charge in [0.25, 0.3) is 0 Å². The van der Waals surface area contributed by atoms with Crippen LogP contribution in [-0.2, 0) is 9.53 Å². The second-order valence-electron chi connectivity index (χ2n) is 6.63. The number of nitrogens with zero attached hydrogens (tertiary/aromatic N) is 1. The van der Waals surface area contributed by atoms with Gasteiger partial charge in [-0.15, -0.1) is 0 Å². The van der Waals surface area contributed by atoms with Crippen molar-refractivity contribution in [3.05, 3.63) is 60.2 Å². The number of nitrogens with one attached hydrogen (secondary N) is 1. The zero-order valence-electron chi connectivity index (χ0n) is 15.5. The lowest BCUT2D eigenvalue weighted by molar-refractivity contribution is -0.150. The molecule has 2 amide bonds. The molecule has 6 heteroatoms. The van der Waals surface area contributed by atoms with Crippen LogP contribution >= 0.6 is 0 Å². The summed E-state index contributed by atoms with van der Waals surface area (Å²) in [6.07, 6.45) is -0.253. The van der Waals surface area contributed by atoms with Gasteiger partial charge in [-0.05, 0) is 50.6 Å². The molecule has 0 aliphatic carbocycles. The standard InChI is InChI=1S/C21H22N2O4/c1-13(2)26-20(24)18-14(3)22-21(25)23-19(18)15-8-7-11-17(12-15)27-16-9-5-4-6-10-16/h4-13,18-19H,1-3H3,(H,23,25). The second-order valence-corrected chi connectivity index (χ2v) is 6.63. The van der Waals surface area contributed by atoms with Gasteiger partial charge in [0.05, 0.1) is 12.1 Å². The summed E-state index contributed by atoms with van der Waals surface area (Å²) in [4.78, 5) is 28.4. The van der Waals surface area contributed by atoms with Crippen molar-refractivity contribution in [1.82, 2.24) is 5.32 Å². The van der Waals surface area contributed by atoms with Crippen molar-refractivity contribution in [3.63, 3.8) is 0 Å². The molecule has 2 unspecified atom stereocenters. The fraction of sp³-hybridized carbons (Fsp3) is 0.286. The van der Waals surface area contributed by atoms with Crippen LogP contribution in [0.25, 0.3) is 0 Å². The first-order valence-corrected chi connectivity index (χ1v) is 8.83. The van der Waals surface area contributed by atoms with Gasteiger partial charge in [0.15, 0.2) is 0 Å². The fourth-order valence-electron chi connectivity index (χ4n) is 3.00. The third kappa shape index (κ3) is 4.53. The molecule has 6 nitrogen and oxygen atoms in total. The van der Waals surface area contributed by atoms with E-state index in [9.17, 15) is 9.59 Å². The van der Waals surface area contributed by atoms with Gasteiger partial charge >= 0.3 is 12.0 Å². The maximum Gasteiger partial charge on any atom is 0.341 e. The smallest absolute Gasteiger partial charge is 0.341 e. The van der Waals surface area contributed by atoms with Crippen LogP contribution in [0.5, 0.6) is 11.5 Å². The normalized spacial score (nSPS) is 19.3. The van der Waals surface area contributed by atoms with Crippen molar-refractivity contribution < 1.29 is 19.1 Å². The predicted octanol–water partition coefficient (Wildman–Crippen LogP) is 4.27. The number of hydrogen-bond acceptors (Lipinski definition) is 4. The molecule has 27 heavy (non-hydrogen) atoms. The molecule has 0 radical (unpaired) electrons. The first kappa shape index (κ1) is 18.6. The number of benzene rings is 2. The molecule has 1 N–H and O–H groups in total. The summed E-state index contributed by atoms with van der Waals surface area (Å²) in [5.74, 6) is 0.225. The van der Waals surface area contributed by atoms with E-state index in [0.29, 0.717) is 17.2 Å². The minimum Gasteiger partial charge on any atom is -0.462 e. The topological polar surface area (TPSA) is 77.0 Å². The number of aliphatic imine (C=N–C) groups is 1. The van der Waals surface area contributed by atoms with Crippen molar-refractivity contribution in [2.45, 2.75) is 32.9 Å². The van der Waals surface area contributed by atoms with Gasteiger partial charge in [-0.25, -0.2) is 9.79 Å². The summed E-state index contributed by atoms with van der Waals surface area (Å²) in [7, 11) is 0. The van der Waals surface area contributed by atoms with Crippen molar-refractivity contribution in [2.75, 3.05) is 0 Å². The number of carbonyl (C=O) groups is 2. The van der Waals surface area contributed by atoms with Gasteiger partial charge in [0.1, 0.15) is 17.4 Å². The highest BCUT2D eigenvalue weighted by molar-refractivity contribution is 6.08. The number of carbonyl (C=O) groups excluding carboxylic acids is 2. The first-order valence-electron chi connectivity index (χ1n) is 8.83. The summed E-state index contributed by atoms with van der Waals surface area (Å²) >= 11 is 0. The molecule has 0 saturated heterocycles. The maximum absolute atomic E-state index is 12.6. The van der Waals surface area contributed by atoms with Crippen LogP contribution in [0, 0.1) is 5.92 Å². The number of para-hydroxylation sites is 1. The Morgan fingerprint density at radius 3 is 2.48 bits per heavy atom. The van der Waals surface area contributed by atoms with Crippen LogP contribution in [0.2, 0.25) is 0 Å². The molecule has 1 aliphatic heterocycles. The summed E-state index contributed by atoms with van der Waals surface area (Å²) < 4.78 is 11.2. The average Bonchev–Trinajstić information content (AvgIpc) is 2.61. The Balaban J connectivity index is 1.90. The second kappa shape index (κ2) is 8.03. The Morgan fingerprint density at radius 1 is 1.07 bits per heavy atom. The summed E-state index contributed by atoms with van der Waals surface area (Å²) in [6.45, 7) is 5.24. The van der Waals surface area contributed by atoms with Gasteiger partial charge in [0.2, 0.25) is 0 Å². The third-order valence-electron chi connectivity index (χ3n) is 4.14. The van der Waals surface area contributed by atoms with E-state index in [0.717, 1.165) is 5.56 Å². The minimum atomic E-state index is -0.683. The van der Waals surface area contributed by atoms with Crippen molar-refractivity contribution >= 4 is 17.7 Å². The van der Waals surface area contributed by atoms with Gasteiger partial charge in [-0.1, -0.05) is 30.3 Å². The van der Waals surface area contributed by atoms with Gasteiger partial charge in [-0.2, -0.15) is 0 Å². The molecule has 1 heterocycles.